The monoisotopic (exact) mass is 211 g/mol. The van der Waals surface area contributed by atoms with Crippen molar-refractivity contribution in [2.45, 2.75) is 12.8 Å². The minimum absolute atomic E-state index is 0.331. The number of likely N-dealkylation sites (tertiary alicyclic amines) is 1. The van der Waals surface area contributed by atoms with Gasteiger partial charge in [0.05, 0.1) is 6.54 Å². The molecular weight excluding hydrogens is 190 g/mol. The quantitative estimate of drug-likeness (QED) is 0.636. The van der Waals surface area contributed by atoms with Gasteiger partial charge in [0, 0.05) is 39.3 Å². The van der Waals surface area contributed by atoms with Gasteiger partial charge in [0.2, 0.25) is 5.91 Å². The summed E-state index contributed by atoms with van der Waals surface area (Å²) in [5, 5.41) is 0. The summed E-state index contributed by atoms with van der Waals surface area (Å²) in [6, 6.07) is 0. The summed E-state index contributed by atoms with van der Waals surface area (Å²) in [7, 11) is 2.14. The molecule has 0 aliphatic carbocycles. The number of piperazine rings is 1. The van der Waals surface area contributed by atoms with Crippen molar-refractivity contribution in [3.05, 3.63) is 0 Å². The Morgan fingerprint density at radius 3 is 2.20 bits per heavy atom. The van der Waals surface area contributed by atoms with E-state index in [1.807, 2.05) is 4.90 Å². The van der Waals surface area contributed by atoms with Crippen LogP contribution in [0.15, 0.2) is 0 Å². The predicted octanol–water partition coefficient (Wildman–Crippen LogP) is -0.144. The molecule has 4 heteroatoms. The zero-order chi connectivity index (χ0) is 10.7. The van der Waals surface area contributed by atoms with Gasteiger partial charge in [0.1, 0.15) is 0 Å². The Morgan fingerprint density at radius 1 is 1.00 bits per heavy atom. The maximum Gasteiger partial charge on any atom is 0.236 e. The van der Waals surface area contributed by atoms with Crippen molar-refractivity contribution in [1.82, 2.24) is 14.7 Å². The topological polar surface area (TPSA) is 26.8 Å². The largest absolute Gasteiger partial charge is 0.342 e. The molecule has 1 amide bonds. The molecule has 0 N–H and O–H groups in total. The second kappa shape index (κ2) is 4.94. The molecule has 0 bridgehead atoms. The van der Waals surface area contributed by atoms with Gasteiger partial charge in [0.25, 0.3) is 0 Å². The summed E-state index contributed by atoms with van der Waals surface area (Å²) in [4.78, 5) is 18.5. The number of carbonyl (C=O) groups is 1. The third-order valence-corrected chi connectivity index (χ3v) is 3.41. The molecule has 15 heavy (non-hydrogen) atoms. The van der Waals surface area contributed by atoms with Crippen LogP contribution in [0.3, 0.4) is 0 Å². The van der Waals surface area contributed by atoms with Crippen LogP contribution in [-0.2, 0) is 4.79 Å². The summed E-state index contributed by atoms with van der Waals surface area (Å²) in [6.45, 7) is 6.85. The minimum Gasteiger partial charge on any atom is -0.342 e. The highest BCUT2D eigenvalue weighted by molar-refractivity contribution is 5.78. The molecule has 2 aliphatic rings. The van der Waals surface area contributed by atoms with E-state index in [4.69, 9.17) is 0 Å². The Labute approximate surface area is 91.8 Å². The van der Waals surface area contributed by atoms with Crippen LogP contribution in [0.25, 0.3) is 0 Å². The van der Waals surface area contributed by atoms with Gasteiger partial charge in [-0.15, -0.1) is 0 Å². The van der Waals surface area contributed by atoms with E-state index in [0.29, 0.717) is 12.5 Å². The van der Waals surface area contributed by atoms with E-state index in [-0.39, 0.29) is 0 Å². The molecule has 0 spiro atoms. The fraction of sp³-hybridized carbons (Fsp3) is 0.909. The van der Waals surface area contributed by atoms with Crippen molar-refractivity contribution < 1.29 is 4.79 Å². The molecule has 0 atom stereocenters. The first kappa shape index (κ1) is 10.9. The highest BCUT2D eigenvalue weighted by Crippen LogP contribution is 2.08. The molecule has 0 aromatic rings. The van der Waals surface area contributed by atoms with E-state index < -0.39 is 0 Å². The number of nitrogens with zero attached hydrogens (tertiary/aromatic N) is 3. The van der Waals surface area contributed by atoms with Gasteiger partial charge in [-0.2, -0.15) is 0 Å². The zero-order valence-corrected chi connectivity index (χ0v) is 9.61. The van der Waals surface area contributed by atoms with E-state index >= 15 is 0 Å². The van der Waals surface area contributed by atoms with Crippen LogP contribution in [0.1, 0.15) is 12.8 Å². The molecule has 0 saturated carbocycles. The molecular formula is C11H21N3O. The second-order valence-electron chi connectivity index (χ2n) is 4.67. The van der Waals surface area contributed by atoms with Gasteiger partial charge in [-0.05, 0) is 19.9 Å². The molecule has 2 saturated heterocycles. The molecule has 0 radical (unpaired) electrons. The van der Waals surface area contributed by atoms with Gasteiger partial charge in [-0.3, -0.25) is 9.69 Å². The molecule has 86 valence electrons. The van der Waals surface area contributed by atoms with Gasteiger partial charge < -0.3 is 9.80 Å². The average Bonchev–Trinajstić information content (AvgIpc) is 2.74. The molecule has 4 nitrogen and oxygen atoms in total. The van der Waals surface area contributed by atoms with Crippen molar-refractivity contribution >= 4 is 5.91 Å². The number of rotatable bonds is 2. The van der Waals surface area contributed by atoms with Crippen LogP contribution in [-0.4, -0.2) is 73.5 Å². The van der Waals surface area contributed by atoms with Gasteiger partial charge in [-0.1, -0.05) is 0 Å². The Kier molecular flexibility index (Phi) is 3.59. The van der Waals surface area contributed by atoms with Gasteiger partial charge in [-0.25, -0.2) is 0 Å². The standard InChI is InChI=1S/C11H21N3O/c1-12-6-8-13(9-7-12)10-11(15)14-4-2-3-5-14/h2-10H2,1H3. The molecule has 2 fully saturated rings. The van der Waals surface area contributed by atoms with Crippen molar-refractivity contribution in [3.8, 4) is 0 Å². The van der Waals surface area contributed by atoms with Crippen LogP contribution in [0.4, 0.5) is 0 Å². The number of carbonyl (C=O) groups excluding carboxylic acids is 1. The second-order valence-corrected chi connectivity index (χ2v) is 4.67. The first-order valence-electron chi connectivity index (χ1n) is 5.94. The normalized spacial score (nSPS) is 24.7. The molecule has 2 aliphatic heterocycles. The van der Waals surface area contributed by atoms with E-state index in [1.165, 1.54) is 12.8 Å². The van der Waals surface area contributed by atoms with Crippen molar-refractivity contribution in [1.29, 1.82) is 0 Å². The average molecular weight is 211 g/mol. The summed E-state index contributed by atoms with van der Waals surface area (Å²) < 4.78 is 0. The minimum atomic E-state index is 0.331. The van der Waals surface area contributed by atoms with Crippen LogP contribution < -0.4 is 0 Å². The van der Waals surface area contributed by atoms with E-state index in [9.17, 15) is 4.79 Å². The highest BCUT2D eigenvalue weighted by Gasteiger charge is 2.22. The van der Waals surface area contributed by atoms with Crippen LogP contribution >= 0.6 is 0 Å². The number of likely N-dealkylation sites (N-methyl/N-ethyl adjacent to an activating group) is 1. The molecule has 0 unspecified atom stereocenters. The Balaban J connectivity index is 1.74. The maximum absolute atomic E-state index is 11.9. The van der Waals surface area contributed by atoms with Crippen molar-refractivity contribution in [2.24, 2.45) is 0 Å². The van der Waals surface area contributed by atoms with E-state index in [1.54, 1.807) is 0 Å². The van der Waals surface area contributed by atoms with Crippen molar-refractivity contribution in [2.75, 3.05) is 52.9 Å². The van der Waals surface area contributed by atoms with Gasteiger partial charge >= 0.3 is 0 Å². The van der Waals surface area contributed by atoms with Crippen LogP contribution in [0, 0.1) is 0 Å². The molecule has 2 heterocycles. The fourth-order valence-electron chi connectivity index (χ4n) is 2.26. The van der Waals surface area contributed by atoms with Crippen LogP contribution in [0.5, 0.6) is 0 Å². The first-order chi connectivity index (χ1) is 7.25. The van der Waals surface area contributed by atoms with Crippen molar-refractivity contribution in [3.63, 3.8) is 0 Å². The fourth-order valence-corrected chi connectivity index (χ4v) is 2.26. The third-order valence-electron chi connectivity index (χ3n) is 3.41. The van der Waals surface area contributed by atoms with E-state index in [2.05, 4.69) is 16.8 Å². The van der Waals surface area contributed by atoms with E-state index in [0.717, 1.165) is 39.3 Å². The smallest absolute Gasteiger partial charge is 0.236 e. The summed E-state index contributed by atoms with van der Waals surface area (Å²) in [5.41, 5.74) is 0. The first-order valence-corrected chi connectivity index (χ1v) is 5.94. The summed E-state index contributed by atoms with van der Waals surface area (Å²) in [6.07, 6.45) is 2.38. The molecule has 0 aromatic carbocycles. The lowest BCUT2D eigenvalue weighted by Gasteiger charge is -2.32. The number of hydrogen-bond acceptors (Lipinski definition) is 3. The lowest BCUT2D eigenvalue weighted by Crippen LogP contribution is -2.48. The lowest BCUT2D eigenvalue weighted by atomic mass is 10.3. The number of hydrogen-bond donors (Lipinski definition) is 0. The maximum atomic E-state index is 11.9. The third kappa shape index (κ3) is 2.92. The molecule has 2 rings (SSSR count). The molecule has 0 aromatic heterocycles. The SMILES string of the molecule is CN1CCN(CC(=O)N2CCCC2)CC1. The number of amides is 1. The highest BCUT2D eigenvalue weighted by atomic mass is 16.2. The summed E-state index contributed by atoms with van der Waals surface area (Å²) in [5.74, 6) is 0.331. The Morgan fingerprint density at radius 2 is 1.60 bits per heavy atom. The summed E-state index contributed by atoms with van der Waals surface area (Å²) >= 11 is 0. The Bertz CT molecular complexity index is 218. The zero-order valence-electron chi connectivity index (χ0n) is 9.61. The predicted molar refractivity (Wildman–Crippen MR) is 59.8 cm³/mol. The van der Waals surface area contributed by atoms with Gasteiger partial charge in [0.15, 0.2) is 0 Å². The van der Waals surface area contributed by atoms with Crippen LogP contribution in [0.2, 0.25) is 0 Å². The lowest BCUT2D eigenvalue weighted by molar-refractivity contribution is -0.131. The Hall–Kier alpha value is -0.610.